The molecule has 0 bridgehead atoms. The minimum atomic E-state index is -0.614. The van der Waals surface area contributed by atoms with Gasteiger partial charge in [0.05, 0.1) is 11.9 Å². The van der Waals surface area contributed by atoms with E-state index in [0.29, 0.717) is 29.2 Å². The lowest BCUT2D eigenvalue weighted by molar-refractivity contribution is -0.164. The van der Waals surface area contributed by atoms with Gasteiger partial charge in [-0.05, 0) is 111 Å². The molecule has 4 heteroatoms. The largest absolute Gasteiger partial charge is 0.431 e. The number of hydrogen-bond donors (Lipinski definition) is 2. The fourth-order valence-corrected chi connectivity index (χ4v) is 9.04. The van der Waals surface area contributed by atoms with Crippen molar-refractivity contribution in [2.75, 3.05) is 7.05 Å². The van der Waals surface area contributed by atoms with Gasteiger partial charge in [0.2, 0.25) is 0 Å². The van der Waals surface area contributed by atoms with Gasteiger partial charge in [-0.3, -0.25) is 0 Å². The van der Waals surface area contributed by atoms with E-state index in [1.165, 1.54) is 32.1 Å². The smallest absolute Gasteiger partial charge is 0.335 e. The highest BCUT2D eigenvalue weighted by Crippen LogP contribution is 2.68. The van der Waals surface area contributed by atoms with E-state index in [-0.39, 0.29) is 17.0 Å². The van der Waals surface area contributed by atoms with Gasteiger partial charge in [0, 0.05) is 17.5 Å². The minimum absolute atomic E-state index is 0.141. The van der Waals surface area contributed by atoms with Gasteiger partial charge in [0.15, 0.2) is 0 Å². The van der Waals surface area contributed by atoms with Crippen LogP contribution < -0.4 is 10.9 Å². The highest BCUT2D eigenvalue weighted by Gasteiger charge is 2.65. The Hall–Kier alpha value is -1.13. The van der Waals surface area contributed by atoms with Crippen molar-refractivity contribution in [3.63, 3.8) is 0 Å². The molecule has 0 saturated heterocycles. The summed E-state index contributed by atoms with van der Waals surface area (Å²) in [5.74, 6) is 2.69. The van der Waals surface area contributed by atoms with E-state index in [0.717, 1.165) is 37.2 Å². The number of nitrogens with one attached hydrogen (secondary N) is 1. The molecule has 2 unspecified atom stereocenters. The van der Waals surface area contributed by atoms with Crippen molar-refractivity contribution in [1.82, 2.24) is 5.32 Å². The maximum atomic E-state index is 12.4. The van der Waals surface area contributed by atoms with Crippen molar-refractivity contribution in [3.8, 4) is 0 Å². The van der Waals surface area contributed by atoms with E-state index in [2.05, 4.69) is 33.1 Å². The van der Waals surface area contributed by atoms with E-state index < -0.39 is 5.60 Å². The summed E-state index contributed by atoms with van der Waals surface area (Å²) in [5.41, 5.74) is 0.446. The summed E-state index contributed by atoms with van der Waals surface area (Å²) in [5, 5.41) is 16.0. The van der Waals surface area contributed by atoms with Crippen LogP contribution in [0.15, 0.2) is 27.6 Å². The fraction of sp³-hybridized carbons (Fsp3) is 0.815. The molecule has 0 radical (unpaired) electrons. The normalized spacial score (nSPS) is 49.6. The van der Waals surface area contributed by atoms with Crippen molar-refractivity contribution >= 4 is 0 Å². The van der Waals surface area contributed by atoms with Crippen LogP contribution in [0.3, 0.4) is 0 Å². The van der Waals surface area contributed by atoms with E-state index in [9.17, 15) is 9.90 Å². The van der Waals surface area contributed by atoms with Crippen LogP contribution in [0.25, 0.3) is 0 Å². The van der Waals surface area contributed by atoms with Crippen LogP contribution >= 0.6 is 0 Å². The molecular formula is C27H41NO3. The summed E-state index contributed by atoms with van der Waals surface area (Å²) in [4.78, 5) is 11.5. The molecule has 1 aromatic heterocycles. The number of hydrogen-bond acceptors (Lipinski definition) is 4. The van der Waals surface area contributed by atoms with Crippen LogP contribution in [0.2, 0.25) is 0 Å². The Morgan fingerprint density at radius 2 is 1.87 bits per heavy atom. The Kier molecular flexibility index (Phi) is 5.21. The van der Waals surface area contributed by atoms with Gasteiger partial charge >= 0.3 is 5.63 Å². The molecule has 172 valence electrons. The summed E-state index contributed by atoms with van der Waals surface area (Å²) in [7, 11) is 2.12. The van der Waals surface area contributed by atoms with Crippen molar-refractivity contribution in [2.24, 2.45) is 34.5 Å². The van der Waals surface area contributed by atoms with Crippen molar-refractivity contribution in [3.05, 3.63) is 34.4 Å². The van der Waals surface area contributed by atoms with Crippen LogP contribution in [0.1, 0.15) is 90.0 Å². The van der Waals surface area contributed by atoms with E-state index >= 15 is 0 Å². The fourth-order valence-electron chi connectivity index (χ4n) is 9.04. The van der Waals surface area contributed by atoms with Crippen molar-refractivity contribution in [1.29, 1.82) is 0 Å². The standard InChI is InChI=1S/C27H41NO3/c1-17-21-10-13-26(3)22(18-5-8-24(29)31-16-18)11-14-27(26,30)23(21)7-6-19-15-20(28-4)9-12-25(17,19)2/h5,8,16-17,19-23,28,30H,6-7,9-15H2,1-4H3/t17-,19+,20?,21?,22+,23+,25+,26+,27-/m0/s1. The molecule has 0 spiro atoms. The second kappa shape index (κ2) is 7.45. The van der Waals surface area contributed by atoms with Gasteiger partial charge in [0.25, 0.3) is 0 Å². The molecule has 0 amide bonds. The zero-order chi connectivity index (χ0) is 22.0. The third-order valence-electron chi connectivity index (χ3n) is 11.3. The van der Waals surface area contributed by atoms with Gasteiger partial charge in [-0.25, -0.2) is 4.79 Å². The molecule has 0 aliphatic heterocycles. The molecule has 4 aliphatic rings. The second-order valence-electron chi connectivity index (χ2n) is 12.0. The topological polar surface area (TPSA) is 62.5 Å². The van der Waals surface area contributed by atoms with E-state index in [1.807, 2.05) is 6.07 Å². The van der Waals surface area contributed by atoms with Crippen LogP contribution in [0.4, 0.5) is 0 Å². The Morgan fingerprint density at radius 3 is 2.58 bits per heavy atom. The van der Waals surface area contributed by atoms with E-state index in [1.54, 1.807) is 12.3 Å². The van der Waals surface area contributed by atoms with E-state index in [4.69, 9.17) is 4.42 Å². The summed E-state index contributed by atoms with van der Waals surface area (Å²) in [6, 6.07) is 4.13. The molecular weight excluding hydrogens is 386 g/mol. The molecule has 9 atom stereocenters. The average molecular weight is 428 g/mol. The molecule has 4 fully saturated rings. The summed E-state index contributed by atoms with van der Waals surface area (Å²) < 4.78 is 5.23. The lowest BCUT2D eigenvalue weighted by Crippen LogP contribution is -2.57. The molecule has 0 aromatic carbocycles. The predicted molar refractivity (Wildman–Crippen MR) is 123 cm³/mol. The summed E-state index contributed by atoms with van der Waals surface area (Å²) in [6.45, 7) is 7.41. The average Bonchev–Trinajstić information content (AvgIpc) is 2.98. The third kappa shape index (κ3) is 3.04. The molecule has 2 N–H and O–H groups in total. The zero-order valence-electron chi connectivity index (χ0n) is 19.8. The third-order valence-corrected chi connectivity index (χ3v) is 11.3. The van der Waals surface area contributed by atoms with Gasteiger partial charge in [0.1, 0.15) is 0 Å². The Balaban J connectivity index is 1.47. The Bertz CT molecular complexity index is 861. The first-order valence-electron chi connectivity index (χ1n) is 12.7. The molecule has 1 heterocycles. The first kappa shape index (κ1) is 21.7. The Labute approximate surface area is 187 Å². The number of aliphatic hydroxyl groups is 1. The van der Waals surface area contributed by atoms with Gasteiger partial charge < -0.3 is 14.8 Å². The van der Waals surface area contributed by atoms with Crippen LogP contribution in [-0.2, 0) is 0 Å². The van der Waals surface area contributed by atoms with Crippen LogP contribution in [-0.4, -0.2) is 23.8 Å². The van der Waals surface area contributed by atoms with Crippen LogP contribution in [0, 0.1) is 34.5 Å². The minimum Gasteiger partial charge on any atom is -0.431 e. The van der Waals surface area contributed by atoms with Gasteiger partial charge in [-0.1, -0.05) is 20.8 Å². The molecule has 5 rings (SSSR count). The highest BCUT2D eigenvalue weighted by atomic mass is 16.4. The van der Waals surface area contributed by atoms with Crippen molar-refractivity contribution < 1.29 is 9.52 Å². The SMILES string of the molecule is CNC1CC[C@@]2(C)[C@H](CC[C@@H]3C(CC[C@]4(C)[C@@H](c5ccc(=O)oc5)CC[C@]34O)[C@@H]2C)C1. The first-order valence-corrected chi connectivity index (χ1v) is 12.7. The lowest BCUT2D eigenvalue weighted by Gasteiger charge is -2.57. The quantitative estimate of drug-likeness (QED) is 0.689. The maximum Gasteiger partial charge on any atom is 0.335 e. The molecule has 31 heavy (non-hydrogen) atoms. The molecule has 4 nitrogen and oxygen atoms in total. The van der Waals surface area contributed by atoms with Crippen LogP contribution in [0.5, 0.6) is 0 Å². The second-order valence-corrected chi connectivity index (χ2v) is 12.0. The first-order chi connectivity index (χ1) is 14.7. The highest BCUT2D eigenvalue weighted by molar-refractivity contribution is 5.26. The summed E-state index contributed by atoms with van der Waals surface area (Å²) in [6.07, 6.45) is 12.1. The molecule has 4 saturated carbocycles. The summed E-state index contributed by atoms with van der Waals surface area (Å²) >= 11 is 0. The van der Waals surface area contributed by atoms with Gasteiger partial charge in [-0.15, -0.1) is 0 Å². The zero-order valence-corrected chi connectivity index (χ0v) is 19.8. The Morgan fingerprint density at radius 1 is 1.06 bits per heavy atom. The lowest BCUT2D eigenvalue weighted by atomic mass is 9.50. The predicted octanol–water partition coefficient (Wildman–Crippen LogP) is 5.11. The maximum absolute atomic E-state index is 12.4. The molecule has 4 aliphatic carbocycles. The number of rotatable bonds is 2. The van der Waals surface area contributed by atoms with Gasteiger partial charge in [-0.2, -0.15) is 0 Å². The van der Waals surface area contributed by atoms with Crippen molar-refractivity contribution in [2.45, 2.75) is 96.1 Å². The molecule has 1 aromatic rings. The monoisotopic (exact) mass is 427 g/mol. The number of fused-ring (bicyclic) bond motifs is 4.